The van der Waals surface area contributed by atoms with Crippen LogP contribution in [0.4, 0.5) is 20.7 Å². The SMILES string of the molecule is CCCCCCOC(=O)NC(=N)c1ccc(NCc2nc3cc(C(=O)N(CCC(=O)Oc4c(F)cccc4OC)c4ccccn4)ccc3n2C)cc1. The lowest BCUT2D eigenvalue weighted by molar-refractivity contribution is -0.134. The number of carbonyl (C=O) groups is 3. The smallest absolute Gasteiger partial charge is 0.412 e. The van der Waals surface area contributed by atoms with Crippen LogP contribution in [0.5, 0.6) is 11.5 Å². The lowest BCUT2D eigenvalue weighted by Crippen LogP contribution is -2.34. The van der Waals surface area contributed by atoms with Gasteiger partial charge in [0.15, 0.2) is 11.6 Å². The molecular formula is C39H42FN7O6. The summed E-state index contributed by atoms with van der Waals surface area (Å²) < 4.78 is 31.8. The number of fused-ring (bicyclic) bond motifs is 1. The Morgan fingerprint density at radius 1 is 0.962 bits per heavy atom. The molecular weight excluding hydrogens is 681 g/mol. The number of aryl methyl sites for hydroxylation is 1. The van der Waals surface area contributed by atoms with Gasteiger partial charge in [0.2, 0.25) is 5.75 Å². The van der Waals surface area contributed by atoms with Crippen LogP contribution in [0.25, 0.3) is 11.0 Å². The second kappa shape index (κ2) is 18.3. The van der Waals surface area contributed by atoms with E-state index in [1.807, 2.05) is 11.6 Å². The Labute approximate surface area is 306 Å². The molecule has 2 aromatic heterocycles. The van der Waals surface area contributed by atoms with Gasteiger partial charge >= 0.3 is 12.1 Å². The number of rotatable bonds is 16. The molecule has 0 saturated heterocycles. The van der Waals surface area contributed by atoms with Crippen molar-refractivity contribution in [3.05, 3.63) is 108 Å². The number of esters is 1. The summed E-state index contributed by atoms with van der Waals surface area (Å²) in [5.74, 6) is -1.18. The monoisotopic (exact) mass is 723 g/mol. The quantitative estimate of drug-likeness (QED) is 0.0320. The molecule has 0 unspecified atom stereocenters. The number of hydrogen-bond donors (Lipinski definition) is 3. The van der Waals surface area contributed by atoms with E-state index in [9.17, 15) is 18.8 Å². The van der Waals surface area contributed by atoms with Crippen molar-refractivity contribution in [2.24, 2.45) is 7.05 Å². The van der Waals surface area contributed by atoms with Crippen LogP contribution in [0.3, 0.4) is 0 Å². The van der Waals surface area contributed by atoms with Gasteiger partial charge < -0.3 is 24.1 Å². The molecule has 13 nitrogen and oxygen atoms in total. The molecule has 2 amide bonds. The second-order valence-corrected chi connectivity index (χ2v) is 12.1. The first-order chi connectivity index (χ1) is 25.7. The number of nitrogens with zero attached hydrogens (tertiary/aromatic N) is 4. The van der Waals surface area contributed by atoms with Gasteiger partial charge in [-0.15, -0.1) is 0 Å². The number of imidazole rings is 1. The van der Waals surface area contributed by atoms with Gasteiger partial charge in [-0.05, 0) is 73.2 Å². The number of pyridine rings is 1. The lowest BCUT2D eigenvalue weighted by Gasteiger charge is -2.21. The average molecular weight is 724 g/mol. The molecule has 0 aliphatic carbocycles. The van der Waals surface area contributed by atoms with Crippen molar-refractivity contribution in [1.29, 1.82) is 5.41 Å². The maximum absolute atomic E-state index is 14.4. The molecule has 0 spiro atoms. The van der Waals surface area contributed by atoms with E-state index in [1.165, 1.54) is 24.1 Å². The molecule has 3 aromatic carbocycles. The number of unbranched alkanes of at least 4 members (excludes halogenated alkanes) is 3. The van der Waals surface area contributed by atoms with Gasteiger partial charge in [-0.25, -0.2) is 19.2 Å². The fourth-order valence-electron chi connectivity index (χ4n) is 5.49. The molecule has 0 fully saturated rings. The molecule has 0 radical (unpaired) electrons. The highest BCUT2D eigenvalue weighted by Gasteiger charge is 2.23. The summed E-state index contributed by atoms with van der Waals surface area (Å²) in [6.45, 7) is 2.71. The van der Waals surface area contributed by atoms with Gasteiger partial charge in [0.25, 0.3) is 5.91 Å². The first-order valence-corrected chi connectivity index (χ1v) is 17.3. The Morgan fingerprint density at radius 3 is 2.49 bits per heavy atom. The van der Waals surface area contributed by atoms with Crippen LogP contribution in [0.1, 0.15) is 60.8 Å². The number of benzene rings is 3. The van der Waals surface area contributed by atoms with Gasteiger partial charge in [-0.1, -0.05) is 38.3 Å². The molecule has 14 heteroatoms. The zero-order valence-corrected chi connectivity index (χ0v) is 29.9. The van der Waals surface area contributed by atoms with Gasteiger partial charge in [0.05, 0.1) is 37.7 Å². The van der Waals surface area contributed by atoms with E-state index in [0.717, 1.165) is 43.0 Å². The number of amides is 2. The third-order valence-electron chi connectivity index (χ3n) is 8.38. The average Bonchev–Trinajstić information content (AvgIpc) is 3.49. The highest BCUT2D eigenvalue weighted by molar-refractivity contribution is 6.07. The van der Waals surface area contributed by atoms with Gasteiger partial charge in [0, 0.05) is 36.6 Å². The number of para-hydroxylation sites is 1. The normalized spacial score (nSPS) is 10.8. The molecule has 0 aliphatic rings. The number of nitrogens with one attached hydrogen (secondary N) is 3. The first-order valence-electron chi connectivity index (χ1n) is 17.3. The number of ether oxygens (including phenoxy) is 3. The third kappa shape index (κ3) is 9.94. The molecule has 0 aliphatic heterocycles. The number of hydrogen-bond acceptors (Lipinski definition) is 10. The van der Waals surface area contributed by atoms with E-state index in [2.05, 4.69) is 22.5 Å². The minimum atomic E-state index is -0.753. The molecule has 2 heterocycles. The Bertz CT molecular complexity index is 2050. The molecule has 276 valence electrons. The Balaban J connectivity index is 1.22. The van der Waals surface area contributed by atoms with Crippen LogP contribution in [-0.4, -0.2) is 58.6 Å². The zero-order chi connectivity index (χ0) is 37.7. The van der Waals surface area contributed by atoms with E-state index in [4.69, 9.17) is 24.6 Å². The second-order valence-electron chi connectivity index (χ2n) is 12.1. The number of halogens is 1. The molecule has 3 N–H and O–H groups in total. The van der Waals surface area contributed by atoms with Gasteiger partial charge in [0.1, 0.15) is 17.5 Å². The number of anilines is 2. The standard InChI is InChI=1S/C39H42FN7O6/c1-4-5-6-9-23-52-39(50)45-37(41)26-14-17-28(18-15-26)43-25-34-44-30-24-27(16-19-31(30)46(34)2)38(49)47(33-13-7-8-21-42-33)22-20-35(48)53-36-29(40)11-10-12-32(36)51-3/h7-8,10-19,21,24,43H,4-6,9,20,22-23,25H2,1-3H3,(H2,41,45,50). The van der Waals surface area contributed by atoms with Gasteiger partial charge in [-0.2, -0.15) is 0 Å². The van der Waals surface area contributed by atoms with Crippen LogP contribution in [-0.2, 0) is 23.1 Å². The number of carbonyl (C=O) groups excluding carboxylic acids is 3. The van der Waals surface area contributed by atoms with E-state index in [-0.39, 0.29) is 30.3 Å². The van der Waals surface area contributed by atoms with Crippen LogP contribution in [0, 0.1) is 11.2 Å². The number of alkyl carbamates (subject to hydrolysis) is 1. The first kappa shape index (κ1) is 37.9. The number of aromatic nitrogens is 3. The van der Waals surface area contributed by atoms with E-state index in [1.54, 1.807) is 66.9 Å². The molecule has 0 bridgehead atoms. The van der Waals surface area contributed by atoms with Crippen molar-refractivity contribution in [3.63, 3.8) is 0 Å². The number of methoxy groups -OCH3 is 1. The fraction of sp³-hybridized carbons (Fsp3) is 0.282. The molecule has 5 rings (SSSR count). The topological polar surface area (TPSA) is 161 Å². The molecule has 0 saturated carbocycles. The van der Waals surface area contributed by atoms with E-state index >= 15 is 0 Å². The lowest BCUT2D eigenvalue weighted by atomic mass is 10.1. The summed E-state index contributed by atoms with van der Waals surface area (Å²) in [6.07, 6.45) is 4.63. The minimum Gasteiger partial charge on any atom is -0.493 e. The van der Waals surface area contributed by atoms with Crippen molar-refractivity contribution >= 4 is 46.3 Å². The summed E-state index contributed by atoms with van der Waals surface area (Å²) in [5.41, 5.74) is 3.03. The van der Waals surface area contributed by atoms with Crippen LogP contribution >= 0.6 is 0 Å². The van der Waals surface area contributed by atoms with Crippen LogP contribution < -0.4 is 25.0 Å². The molecule has 5 aromatic rings. The van der Waals surface area contributed by atoms with E-state index in [0.29, 0.717) is 41.4 Å². The highest BCUT2D eigenvalue weighted by atomic mass is 19.1. The zero-order valence-electron chi connectivity index (χ0n) is 29.9. The summed E-state index contributed by atoms with van der Waals surface area (Å²) >= 11 is 0. The summed E-state index contributed by atoms with van der Waals surface area (Å²) in [6, 6.07) is 21.4. The number of amidine groups is 1. The minimum absolute atomic E-state index is 0.0550. The highest BCUT2D eigenvalue weighted by Crippen LogP contribution is 2.30. The molecule has 53 heavy (non-hydrogen) atoms. The Morgan fingerprint density at radius 2 is 1.75 bits per heavy atom. The van der Waals surface area contributed by atoms with Crippen LogP contribution in [0.2, 0.25) is 0 Å². The van der Waals surface area contributed by atoms with Crippen molar-refractivity contribution in [3.8, 4) is 11.5 Å². The predicted molar refractivity (Wildman–Crippen MR) is 199 cm³/mol. The summed E-state index contributed by atoms with van der Waals surface area (Å²) in [7, 11) is 3.22. The van der Waals surface area contributed by atoms with Crippen molar-refractivity contribution in [1.82, 2.24) is 19.9 Å². The van der Waals surface area contributed by atoms with E-state index < -0.39 is 23.8 Å². The maximum Gasteiger partial charge on any atom is 0.412 e. The maximum atomic E-state index is 14.4. The van der Waals surface area contributed by atoms with Crippen molar-refractivity contribution in [2.75, 3.05) is 30.5 Å². The summed E-state index contributed by atoms with van der Waals surface area (Å²) in [5, 5.41) is 14.0. The molecule has 0 atom stereocenters. The fourth-order valence-corrected chi connectivity index (χ4v) is 5.49. The summed E-state index contributed by atoms with van der Waals surface area (Å²) in [4.78, 5) is 49.2. The van der Waals surface area contributed by atoms with Crippen LogP contribution in [0.15, 0.2) is 85.1 Å². The predicted octanol–water partition coefficient (Wildman–Crippen LogP) is 7.00. The van der Waals surface area contributed by atoms with Crippen molar-refractivity contribution < 1.29 is 33.0 Å². The largest absolute Gasteiger partial charge is 0.493 e. The van der Waals surface area contributed by atoms with Crippen molar-refractivity contribution in [2.45, 2.75) is 45.6 Å². The Kier molecular flexibility index (Phi) is 13.1. The van der Waals surface area contributed by atoms with Gasteiger partial charge in [-0.3, -0.25) is 25.2 Å². The Hall–Kier alpha value is -6.31. The third-order valence-corrected chi connectivity index (χ3v) is 8.38.